The van der Waals surface area contributed by atoms with Crippen LogP contribution in [0.15, 0.2) is 60.2 Å². The second-order valence-corrected chi connectivity index (χ2v) is 7.99. The van der Waals surface area contributed by atoms with Gasteiger partial charge in [0, 0.05) is 47.1 Å². The van der Waals surface area contributed by atoms with Crippen molar-refractivity contribution in [1.82, 2.24) is 0 Å². The number of methoxy groups -OCH3 is 4. The Balaban J connectivity index is 0.00000400. The molecule has 3 aromatic rings. The van der Waals surface area contributed by atoms with Crippen LogP contribution in [-0.4, -0.2) is 81.6 Å². The fraction of sp³-hybridized carbons (Fsp3) is 0.214. The van der Waals surface area contributed by atoms with Crippen molar-refractivity contribution in [1.29, 1.82) is 0 Å². The Morgan fingerprint density at radius 2 is 1.39 bits per heavy atom. The molecule has 1 aliphatic heterocycles. The van der Waals surface area contributed by atoms with E-state index in [9.17, 15) is 14.7 Å². The van der Waals surface area contributed by atoms with Crippen molar-refractivity contribution in [2.75, 3.05) is 35.2 Å². The van der Waals surface area contributed by atoms with Gasteiger partial charge in [-0.15, -0.1) is 0 Å². The molecule has 1 radical (unpaired) electrons. The SMILES string of the molecule is COc1ccc(C(=O)/C(Cc2cc(OC)c(OC)c(OC)c2)=C(\C(=O)O)c2ccc3c(c2)OCO3)cc1.[Na]. The molecule has 0 bridgehead atoms. The number of benzene rings is 3. The molecule has 3 aromatic carbocycles. The van der Waals surface area contributed by atoms with Crippen LogP contribution in [0.3, 0.4) is 0 Å². The minimum atomic E-state index is -1.26. The van der Waals surface area contributed by atoms with E-state index in [-0.39, 0.29) is 53.9 Å². The third kappa shape index (κ3) is 5.91. The van der Waals surface area contributed by atoms with Gasteiger partial charge in [0.2, 0.25) is 12.5 Å². The van der Waals surface area contributed by atoms with Crippen molar-refractivity contribution in [3.63, 3.8) is 0 Å². The third-order valence-electron chi connectivity index (χ3n) is 5.91. The van der Waals surface area contributed by atoms with Crippen molar-refractivity contribution < 1.29 is 43.1 Å². The summed E-state index contributed by atoms with van der Waals surface area (Å²) >= 11 is 0. The molecule has 9 nitrogen and oxygen atoms in total. The topological polar surface area (TPSA) is 110 Å². The molecule has 1 aliphatic rings. The standard InChI is InChI=1S/C28H26O9.Na/c1-32-19-8-5-17(6-9-19)26(29)20(11-16-12-23(33-2)27(35-4)24(13-16)34-3)25(28(30)31)18-7-10-21-22(14-18)37-15-36-21;/h5-10,12-14H,11,15H2,1-4H3,(H,30,31);/b25-20-;. The number of hydrogen-bond donors (Lipinski definition) is 1. The van der Waals surface area contributed by atoms with Gasteiger partial charge in [-0.05, 0) is 59.7 Å². The Bertz CT molecular complexity index is 1340. The second-order valence-electron chi connectivity index (χ2n) is 7.99. The van der Waals surface area contributed by atoms with Crippen LogP contribution >= 0.6 is 0 Å². The van der Waals surface area contributed by atoms with Gasteiger partial charge in [-0.2, -0.15) is 0 Å². The number of Topliss-reactive ketones (excluding diaryl/α,β-unsaturated/α-hetero) is 1. The van der Waals surface area contributed by atoms with Gasteiger partial charge in [-0.25, -0.2) is 4.79 Å². The summed E-state index contributed by atoms with van der Waals surface area (Å²) in [5.41, 5.74) is 1.10. The van der Waals surface area contributed by atoms with Crippen molar-refractivity contribution in [2.24, 2.45) is 0 Å². The van der Waals surface area contributed by atoms with E-state index in [1.54, 1.807) is 54.6 Å². The van der Waals surface area contributed by atoms with E-state index >= 15 is 0 Å². The Hall–Kier alpha value is -3.66. The summed E-state index contributed by atoms with van der Waals surface area (Å²) in [7, 11) is 5.97. The van der Waals surface area contributed by atoms with Crippen LogP contribution in [0.1, 0.15) is 21.5 Å². The molecule has 1 heterocycles. The minimum Gasteiger partial charge on any atom is -0.497 e. The zero-order valence-electron chi connectivity index (χ0n) is 21.8. The summed E-state index contributed by atoms with van der Waals surface area (Å²) < 4.78 is 32.3. The molecule has 0 aromatic heterocycles. The zero-order chi connectivity index (χ0) is 26.5. The number of carbonyl (C=O) groups excluding carboxylic acids is 1. The average Bonchev–Trinajstić information content (AvgIpc) is 3.39. The Morgan fingerprint density at radius 3 is 1.95 bits per heavy atom. The largest absolute Gasteiger partial charge is 0.497 e. The van der Waals surface area contributed by atoms with Gasteiger partial charge in [-0.1, -0.05) is 6.07 Å². The van der Waals surface area contributed by atoms with Crippen LogP contribution < -0.4 is 28.4 Å². The number of ketones is 1. The van der Waals surface area contributed by atoms with Crippen LogP contribution in [0.25, 0.3) is 5.57 Å². The number of allylic oxidation sites excluding steroid dienone is 1. The van der Waals surface area contributed by atoms with E-state index in [0.29, 0.717) is 51.2 Å². The number of rotatable bonds is 10. The molecule has 1 N–H and O–H groups in total. The number of carboxylic acids is 1. The molecule has 38 heavy (non-hydrogen) atoms. The van der Waals surface area contributed by atoms with Gasteiger partial charge in [0.25, 0.3) is 0 Å². The van der Waals surface area contributed by atoms with E-state index in [1.165, 1.54) is 28.4 Å². The van der Waals surface area contributed by atoms with Crippen molar-refractivity contribution >= 4 is 46.9 Å². The van der Waals surface area contributed by atoms with E-state index in [1.807, 2.05) is 0 Å². The fourth-order valence-corrected chi connectivity index (χ4v) is 4.12. The van der Waals surface area contributed by atoms with Gasteiger partial charge in [0.1, 0.15) is 5.75 Å². The first-order valence-electron chi connectivity index (χ1n) is 11.2. The summed E-state index contributed by atoms with van der Waals surface area (Å²) in [6.45, 7) is 0.0357. The Labute approximate surface area is 242 Å². The van der Waals surface area contributed by atoms with Crippen LogP contribution in [-0.2, 0) is 11.2 Å². The van der Waals surface area contributed by atoms with Gasteiger partial charge in [-0.3, -0.25) is 4.79 Å². The first kappa shape index (κ1) is 28.9. The maximum Gasteiger partial charge on any atom is 0.336 e. The van der Waals surface area contributed by atoms with Gasteiger partial charge >= 0.3 is 5.97 Å². The number of aliphatic carboxylic acids is 1. The molecular formula is C28H26NaO9. The third-order valence-corrected chi connectivity index (χ3v) is 5.91. The zero-order valence-corrected chi connectivity index (χ0v) is 23.8. The van der Waals surface area contributed by atoms with Crippen LogP contribution in [0.4, 0.5) is 0 Å². The molecule has 0 unspecified atom stereocenters. The molecule has 0 saturated heterocycles. The smallest absolute Gasteiger partial charge is 0.336 e. The van der Waals surface area contributed by atoms with E-state index in [2.05, 4.69) is 0 Å². The molecule has 0 atom stereocenters. The normalized spacial score (nSPS) is 12.1. The molecule has 0 saturated carbocycles. The van der Waals surface area contributed by atoms with Crippen molar-refractivity contribution in [3.05, 3.63) is 76.9 Å². The maximum absolute atomic E-state index is 13.8. The molecular weight excluding hydrogens is 503 g/mol. The van der Waals surface area contributed by atoms with Crippen LogP contribution in [0, 0.1) is 0 Å². The monoisotopic (exact) mass is 529 g/mol. The summed E-state index contributed by atoms with van der Waals surface area (Å²) in [6, 6.07) is 14.6. The number of carboxylic acid groups (broad SMARTS) is 1. The summed E-state index contributed by atoms with van der Waals surface area (Å²) in [4.78, 5) is 26.5. The molecule has 0 aliphatic carbocycles. The number of ether oxygens (including phenoxy) is 6. The molecule has 193 valence electrons. The summed E-state index contributed by atoms with van der Waals surface area (Å²) in [6.07, 6.45) is -0.0301. The first-order chi connectivity index (χ1) is 17.9. The van der Waals surface area contributed by atoms with Crippen molar-refractivity contribution in [2.45, 2.75) is 6.42 Å². The number of hydrogen-bond acceptors (Lipinski definition) is 8. The molecule has 4 rings (SSSR count). The van der Waals surface area contributed by atoms with Gasteiger partial charge < -0.3 is 33.5 Å². The number of fused-ring (bicyclic) bond motifs is 1. The number of carbonyl (C=O) groups is 2. The Morgan fingerprint density at radius 1 is 0.789 bits per heavy atom. The van der Waals surface area contributed by atoms with Gasteiger partial charge in [0.15, 0.2) is 28.8 Å². The van der Waals surface area contributed by atoms with E-state index in [4.69, 9.17) is 28.4 Å². The second kappa shape index (κ2) is 12.7. The molecule has 0 fully saturated rings. The summed E-state index contributed by atoms with van der Waals surface area (Å²) in [5.74, 6) is 0.910. The van der Waals surface area contributed by atoms with Gasteiger partial charge in [0.05, 0.1) is 34.0 Å². The van der Waals surface area contributed by atoms with Crippen LogP contribution in [0.5, 0.6) is 34.5 Å². The molecule has 10 heteroatoms. The van der Waals surface area contributed by atoms with E-state index < -0.39 is 11.8 Å². The quantitative estimate of drug-likeness (QED) is 0.236. The summed E-state index contributed by atoms with van der Waals surface area (Å²) in [5, 5.41) is 10.3. The predicted molar refractivity (Wildman–Crippen MR) is 140 cm³/mol. The van der Waals surface area contributed by atoms with E-state index in [0.717, 1.165) is 0 Å². The molecule has 0 amide bonds. The maximum atomic E-state index is 13.8. The fourth-order valence-electron chi connectivity index (χ4n) is 4.12. The predicted octanol–water partition coefficient (Wildman–Crippen LogP) is 4.03. The first-order valence-corrected chi connectivity index (χ1v) is 11.2. The minimum absolute atomic E-state index is 0. The van der Waals surface area contributed by atoms with Crippen LogP contribution in [0.2, 0.25) is 0 Å². The Kier molecular flexibility index (Phi) is 9.68. The van der Waals surface area contributed by atoms with Crippen molar-refractivity contribution in [3.8, 4) is 34.5 Å². The average molecular weight is 529 g/mol. The molecule has 0 spiro atoms.